The number of ether oxygens (including phenoxy) is 1. The van der Waals surface area contributed by atoms with E-state index in [-0.39, 0.29) is 21.8 Å². The molecule has 0 aromatic carbocycles. The molecule has 5 nitrogen and oxygen atoms in total. The van der Waals surface area contributed by atoms with E-state index in [2.05, 4.69) is 10.3 Å². The third kappa shape index (κ3) is 6.20. The second-order valence-corrected chi connectivity index (χ2v) is 4.93. The lowest BCUT2D eigenvalue weighted by atomic mass is 10.3. The van der Waals surface area contributed by atoms with Crippen molar-refractivity contribution in [1.29, 1.82) is 0 Å². The molecule has 1 amide bonds. The van der Waals surface area contributed by atoms with Crippen LogP contribution in [-0.2, 0) is 4.74 Å². The Labute approximate surface area is 122 Å². The number of hydrogen-bond donors (Lipinski definition) is 1. The van der Waals surface area contributed by atoms with Crippen molar-refractivity contribution in [2.75, 3.05) is 40.4 Å². The SMILES string of the molecule is CN(C)CCOCCNC(=O)c1nc(Cl)ccc1Cl. The first-order valence-corrected chi connectivity index (χ1v) is 6.59. The summed E-state index contributed by atoms with van der Waals surface area (Å²) in [6.07, 6.45) is 0. The van der Waals surface area contributed by atoms with Crippen LogP contribution in [0.5, 0.6) is 0 Å². The summed E-state index contributed by atoms with van der Waals surface area (Å²) in [6.45, 7) is 2.31. The molecule has 1 rings (SSSR count). The third-order valence-corrected chi connectivity index (χ3v) is 2.76. The molecule has 0 aliphatic rings. The van der Waals surface area contributed by atoms with Gasteiger partial charge in [0.2, 0.25) is 0 Å². The van der Waals surface area contributed by atoms with Crippen LogP contribution in [0, 0.1) is 0 Å². The van der Waals surface area contributed by atoms with Crippen LogP contribution in [0.1, 0.15) is 10.5 Å². The summed E-state index contributed by atoms with van der Waals surface area (Å²) in [4.78, 5) is 17.7. The van der Waals surface area contributed by atoms with Gasteiger partial charge in [-0.15, -0.1) is 0 Å². The van der Waals surface area contributed by atoms with Crippen molar-refractivity contribution >= 4 is 29.1 Å². The Morgan fingerprint density at radius 1 is 1.37 bits per heavy atom. The summed E-state index contributed by atoms with van der Waals surface area (Å²) in [5.41, 5.74) is 0.127. The van der Waals surface area contributed by atoms with Crippen LogP contribution in [0.15, 0.2) is 12.1 Å². The molecule has 106 valence electrons. The molecule has 1 N–H and O–H groups in total. The molecular weight excluding hydrogens is 289 g/mol. The van der Waals surface area contributed by atoms with Gasteiger partial charge in [0.15, 0.2) is 0 Å². The standard InChI is InChI=1S/C12H17Cl2N3O2/c1-17(2)6-8-19-7-5-15-12(18)11-9(13)3-4-10(14)16-11/h3-4H,5-8H2,1-2H3,(H,15,18). The maximum absolute atomic E-state index is 11.8. The maximum Gasteiger partial charge on any atom is 0.271 e. The molecule has 19 heavy (non-hydrogen) atoms. The molecule has 0 unspecified atom stereocenters. The van der Waals surface area contributed by atoms with E-state index in [1.165, 1.54) is 6.07 Å². The molecule has 7 heteroatoms. The topological polar surface area (TPSA) is 54.5 Å². The fourth-order valence-electron chi connectivity index (χ4n) is 1.25. The molecule has 0 aliphatic carbocycles. The highest BCUT2D eigenvalue weighted by atomic mass is 35.5. The summed E-state index contributed by atoms with van der Waals surface area (Å²) in [5.74, 6) is -0.358. The number of nitrogens with zero attached hydrogens (tertiary/aromatic N) is 2. The number of rotatable bonds is 7. The predicted octanol–water partition coefficient (Wildman–Crippen LogP) is 1.70. The van der Waals surface area contributed by atoms with E-state index in [0.29, 0.717) is 19.8 Å². The molecule has 0 saturated heterocycles. The Balaban J connectivity index is 2.29. The predicted molar refractivity (Wildman–Crippen MR) is 76.0 cm³/mol. The number of likely N-dealkylation sites (N-methyl/N-ethyl adjacent to an activating group) is 1. The number of aromatic nitrogens is 1. The number of amides is 1. The molecule has 0 spiro atoms. The highest BCUT2D eigenvalue weighted by Crippen LogP contribution is 2.16. The smallest absolute Gasteiger partial charge is 0.271 e. The van der Waals surface area contributed by atoms with E-state index >= 15 is 0 Å². The van der Waals surface area contributed by atoms with Crippen LogP contribution in [0.2, 0.25) is 10.2 Å². The average molecular weight is 306 g/mol. The molecule has 0 saturated carbocycles. The highest BCUT2D eigenvalue weighted by Gasteiger charge is 2.12. The fraction of sp³-hybridized carbons (Fsp3) is 0.500. The van der Waals surface area contributed by atoms with Gasteiger partial charge in [-0.1, -0.05) is 23.2 Å². The summed E-state index contributed by atoms with van der Waals surface area (Å²) >= 11 is 11.6. The van der Waals surface area contributed by atoms with Crippen LogP contribution in [-0.4, -0.2) is 56.2 Å². The van der Waals surface area contributed by atoms with Gasteiger partial charge in [-0.05, 0) is 26.2 Å². The lowest BCUT2D eigenvalue weighted by Crippen LogP contribution is -2.29. The first-order valence-electron chi connectivity index (χ1n) is 5.83. The van der Waals surface area contributed by atoms with Crippen molar-refractivity contribution in [3.8, 4) is 0 Å². The highest BCUT2D eigenvalue weighted by molar-refractivity contribution is 6.34. The first kappa shape index (κ1) is 16.2. The Morgan fingerprint density at radius 2 is 2.11 bits per heavy atom. The van der Waals surface area contributed by atoms with Crippen LogP contribution in [0.4, 0.5) is 0 Å². The molecule has 0 atom stereocenters. The van der Waals surface area contributed by atoms with Gasteiger partial charge in [-0.25, -0.2) is 4.98 Å². The Morgan fingerprint density at radius 3 is 2.79 bits per heavy atom. The number of carbonyl (C=O) groups excluding carboxylic acids is 1. The van der Waals surface area contributed by atoms with Gasteiger partial charge in [0.25, 0.3) is 5.91 Å². The fourth-order valence-corrected chi connectivity index (χ4v) is 1.59. The molecule has 0 bridgehead atoms. The largest absolute Gasteiger partial charge is 0.378 e. The summed E-state index contributed by atoms with van der Waals surface area (Å²) < 4.78 is 5.35. The third-order valence-electron chi connectivity index (χ3n) is 2.24. The zero-order valence-corrected chi connectivity index (χ0v) is 12.5. The molecule has 1 aromatic heterocycles. The minimum Gasteiger partial charge on any atom is -0.378 e. The summed E-state index contributed by atoms with van der Waals surface area (Å²) in [6, 6.07) is 3.07. The molecule has 1 aromatic rings. The lowest BCUT2D eigenvalue weighted by molar-refractivity contribution is 0.0896. The Kier molecular flexibility index (Phi) is 7.09. The van der Waals surface area contributed by atoms with Crippen molar-refractivity contribution in [1.82, 2.24) is 15.2 Å². The molecule has 1 heterocycles. The Hall–Kier alpha value is -0.880. The van der Waals surface area contributed by atoms with Gasteiger partial charge < -0.3 is 15.0 Å². The van der Waals surface area contributed by atoms with E-state index in [9.17, 15) is 4.79 Å². The monoisotopic (exact) mass is 305 g/mol. The molecular formula is C12H17Cl2N3O2. The lowest BCUT2D eigenvalue weighted by Gasteiger charge is -2.10. The number of halogens is 2. The van der Waals surface area contributed by atoms with Gasteiger partial charge >= 0.3 is 0 Å². The van der Waals surface area contributed by atoms with Gasteiger partial charge in [-0.3, -0.25) is 4.79 Å². The molecule has 0 aliphatic heterocycles. The van der Waals surface area contributed by atoms with Crippen LogP contribution < -0.4 is 5.32 Å². The minimum absolute atomic E-state index is 0.127. The van der Waals surface area contributed by atoms with Crippen LogP contribution in [0.25, 0.3) is 0 Å². The zero-order valence-electron chi connectivity index (χ0n) is 10.9. The van der Waals surface area contributed by atoms with Crippen molar-refractivity contribution in [3.63, 3.8) is 0 Å². The second-order valence-electron chi connectivity index (χ2n) is 4.14. The normalized spacial score (nSPS) is 10.8. The Bertz CT molecular complexity index is 427. The van der Waals surface area contributed by atoms with E-state index in [1.807, 2.05) is 19.0 Å². The maximum atomic E-state index is 11.8. The first-order chi connectivity index (χ1) is 9.00. The minimum atomic E-state index is -0.358. The van der Waals surface area contributed by atoms with Gasteiger partial charge in [-0.2, -0.15) is 0 Å². The van der Waals surface area contributed by atoms with Crippen molar-refractivity contribution in [2.45, 2.75) is 0 Å². The van der Waals surface area contributed by atoms with Crippen LogP contribution >= 0.6 is 23.2 Å². The van der Waals surface area contributed by atoms with Gasteiger partial charge in [0, 0.05) is 13.1 Å². The molecule has 0 radical (unpaired) electrons. The van der Waals surface area contributed by atoms with Gasteiger partial charge in [0.1, 0.15) is 10.8 Å². The summed E-state index contributed by atoms with van der Waals surface area (Å²) in [5, 5.41) is 3.18. The van der Waals surface area contributed by atoms with Crippen molar-refractivity contribution in [3.05, 3.63) is 28.0 Å². The number of carbonyl (C=O) groups is 1. The van der Waals surface area contributed by atoms with E-state index < -0.39 is 0 Å². The van der Waals surface area contributed by atoms with Crippen molar-refractivity contribution in [2.24, 2.45) is 0 Å². The van der Waals surface area contributed by atoms with Gasteiger partial charge in [0.05, 0.1) is 18.2 Å². The average Bonchev–Trinajstić information content (AvgIpc) is 2.36. The summed E-state index contributed by atoms with van der Waals surface area (Å²) in [7, 11) is 3.94. The quantitative estimate of drug-likeness (QED) is 0.615. The number of nitrogens with one attached hydrogen (secondary N) is 1. The van der Waals surface area contributed by atoms with Crippen LogP contribution in [0.3, 0.4) is 0 Å². The van der Waals surface area contributed by atoms with E-state index in [1.54, 1.807) is 6.07 Å². The number of hydrogen-bond acceptors (Lipinski definition) is 4. The van der Waals surface area contributed by atoms with E-state index in [4.69, 9.17) is 27.9 Å². The second kappa shape index (κ2) is 8.32. The number of pyridine rings is 1. The molecule has 0 fully saturated rings. The van der Waals surface area contributed by atoms with E-state index in [0.717, 1.165) is 6.54 Å². The zero-order chi connectivity index (χ0) is 14.3. The van der Waals surface area contributed by atoms with Crippen molar-refractivity contribution < 1.29 is 9.53 Å².